The summed E-state index contributed by atoms with van der Waals surface area (Å²) in [4.78, 5) is 3.11. The van der Waals surface area contributed by atoms with Crippen molar-refractivity contribution in [3.8, 4) is 0 Å². The molecular weight excluding hydrogens is 228 g/mol. The molecule has 1 heterocycles. The summed E-state index contributed by atoms with van der Waals surface area (Å²) in [5.41, 5.74) is 3.97. The van der Waals surface area contributed by atoms with E-state index >= 15 is 0 Å². The van der Waals surface area contributed by atoms with E-state index in [9.17, 15) is 0 Å². The predicted octanol–water partition coefficient (Wildman–Crippen LogP) is 3.66. The van der Waals surface area contributed by atoms with E-state index in [0.29, 0.717) is 0 Å². The zero-order valence-electron chi connectivity index (χ0n) is 10.4. The number of hydrogen-bond acceptors (Lipinski definition) is 1. The van der Waals surface area contributed by atoms with Crippen molar-refractivity contribution in [2.24, 2.45) is 0 Å². The van der Waals surface area contributed by atoms with E-state index in [1.165, 1.54) is 16.8 Å². The van der Waals surface area contributed by atoms with Gasteiger partial charge in [0, 0.05) is 18.4 Å². The number of rotatable bonds is 4. The van der Waals surface area contributed by atoms with Crippen LogP contribution >= 0.6 is 12.2 Å². The minimum Gasteiger partial charge on any atom is -0.337 e. The topological polar surface area (TPSA) is 20.7 Å². The molecule has 1 aromatic heterocycles. The Labute approximate surface area is 107 Å². The first-order valence-corrected chi connectivity index (χ1v) is 6.44. The number of nitrogens with one attached hydrogen (secondary N) is 1. The van der Waals surface area contributed by atoms with E-state index in [0.717, 1.165) is 24.2 Å². The number of hydrogen-bond donors (Lipinski definition) is 1. The maximum absolute atomic E-state index is 5.29. The molecule has 0 unspecified atom stereocenters. The normalized spacial score (nSPS) is 10.7. The molecule has 0 aliphatic heterocycles. The van der Waals surface area contributed by atoms with Crippen molar-refractivity contribution in [1.29, 1.82) is 0 Å². The fourth-order valence-corrected chi connectivity index (χ4v) is 2.35. The number of aromatic nitrogens is 2. The van der Waals surface area contributed by atoms with Crippen molar-refractivity contribution in [3.05, 3.63) is 52.1 Å². The molecule has 0 aliphatic carbocycles. The molecule has 1 aromatic carbocycles. The molecule has 2 nitrogen and oxygen atoms in total. The average Bonchev–Trinajstić information content (AvgIpc) is 2.67. The first-order chi connectivity index (χ1) is 8.20. The molecular formula is C14H18N2S. The fourth-order valence-electron chi connectivity index (χ4n) is 2.08. The highest BCUT2D eigenvalue weighted by atomic mass is 32.1. The molecule has 0 radical (unpaired) electrons. The Morgan fingerprint density at radius 2 is 2.18 bits per heavy atom. The Balaban J connectivity index is 2.12. The van der Waals surface area contributed by atoms with Crippen LogP contribution in [0.25, 0.3) is 0 Å². The van der Waals surface area contributed by atoms with Gasteiger partial charge in [0.15, 0.2) is 4.77 Å². The predicted molar refractivity (Wildman–Crippen MR) is 73.9 cm³/mol. The summed E-state index contributed by atoms with van der Waals surface area (Å²) in [6.07, 6.45) is 4.06. The van der Waals surface area contributed by atoms with Crippen LogP contribution in [0.1, 0.15) is 23.7 Å². The molecule has 3 heteroatoms. The van der Waals surface area contributed by atoms with Gasteiger partial charge in [-0.2, -0.15) is 0 Å². The van der Waals surface area contributed by atoms with Crippen LogP contribution in [-0.2, 0) is 19.4 Å². The Bertz CT molecular complexity index is 551. The monoisotopic (exact) mass is 246 g/mol. The fraction of sp³-hybridized carbons (Fsp3) is 0.357. The van der Waals surface area contributed by atoms with Crippen LogP contribution in [-0.4, -0.2) is 9.55 Å². The van der Waals surface area contributed by atoms with Crippen LogP contribution in [0.15, 0.2) is 30.5 Å². The van der Waals surface area contributed by atoms with E-state index in [4.69, 9.17) is 12.2 Å². The molecule has 2 rings (SSSR count). The van der Waals surface area contributed by atoms with Crippen molar-refractivity contribution in [1.82, 2.24) is 9.55 Å². The van der Waals surface area contributed by atoms with Gasteiger partial charge in [-0.3, -0.25) is 0 Å². The zero-order valence-corrected chi connectivity index (χ0v) is 11.2. The molecule has 0 atom stereocenters. The van der Waals surface area contributed by atoms with Gasteiger partial charge in [-0.15, -0.1) is 0 Å². The number of aryl methyl sites for hydroxylation is 3. The van der Waals surface area contributed by atoms with Crippen LogP contribution in [0.4, 0.5) is 0 Å². The van der Waals surface area contributed by atoms with Gasteiger partial charge in [-0.25, -0.2) is 0 Å². The lowest BCUT2D eigenvalue weighted by atomic mass is 10.1. The van der Waals surface area contributed by atoms with E-state index in [-0.39, 0.29) is 0 Å². The van der Waals surface area contributed by atoms with Gasteiger partial charge in [0.25, 0.3) is 0 Å². The molecule has 2 aromatic rings. The van der Waals surface area contributed by atoms with E-state index in [1.54, 1.807) is 0 Å². The molecule has 90 valence electrons. The van der Waals surface area contributed by atoms with Crippen molar-refractivity contribution in [3.63, 3.8) is 0 Å². The molecule has 0 amide bonds. The molecule has 0 aliphatic rings. The molecule has 0 spiro atoms. The summed E-state index contributed by atoms with van der Waals surface area (Å²) >= 11 is 5.29. The Morgan fingerprint density at radius 1 is 1.35 bits per heavy atom. The van der Waals surface area contributed by atoms with Gasteiger partial charge in [0.2, 0.25) is 0 Å². The van der Waals surface area contributed by atoms with E-state index in [1.807, 2.05) is 6.20 Å². The second-order valence-corrected chi connectivity index (χ2v) is 4.72. The lowest BCUT2D eigenvalue weighted by Crippen LogP contribution is -2.05. The second kappa shape index (κ2) is 5.32. The minimum absolute atomic E-state index is 0.828. The van der Waals surface area contributed by atoms with Crippen molar-refractivity contribution >= 4 is 12.2 Å². The largest absolute Gasteiger partial charge is 0.337 e. The summed E-state index contributed by atoms with van der Waals surface area (Å²) in [5, 5.41) is 0. The molecule has 1 N–H and O–H groups in total. The third-order valence-electron chi connectivity index (χ3n) is 3.02. The summed E-state index contributed by atoms with van der Waals surface area (Å²) in [6.45, 7) is 5.24. The molecule has 0 saturated heterocycles. The molecule has 0 bridgehead atoms. The standard InChI is InChI=1S/C14H18N2S/c1-3-13-10-15-14(17)16(13)8-7-12-6-4-5-11(2)9-12/h4-6,9-10H,3,7-8H2,1-2H3,(H,15,17). The number of nitrogens with zero attached hydrogens (tertiary/aromatic N) is 1. The van der Waals surface area contributed by atoms with Gasteiger partial charge in [-0.1, -0.05) is 36.8 Å². The van der Waals surface area contributed by atoms with Crippen molar-refractivity contribution in [2.75, 3.05) is 0 Å². The third-order valence-corrected chi connectivity index (χ3v) is 3.36. The number of benzene rings is 1. The highest BCUT2D eigenvalue weighted by molar-refractivity contribution is 7.71. The summed E-state index contributed by atoms with van der Waals surface area (Å²) < 4.78 is 3.02. The first kappa shape index (κ1) is 12.1. The van der Waals surface area contributed by atoms with Crippen LogP contribution < -0.4 is 0 Å². The average molecular weight is 246 g/mol. The van der Waals surface area contributed by atoms with Crippen LogP contribution in [0.3, 0.4) is 0 Å². The van der Waals surface area contributed by atoms with E-state index in [2.05, 4.69) is 47.7 Å². The minimum atomic E-state index is 0.828. The van der Waals surface area contributed by atoms with Gasteiger partial charge >= 0.3 is 0 Å². The van der Waals surface area contributed by atoms with Gasteiger partial charge < -0.3 is 9.55 Å². The summed E-state index contributed by atoms with van der Waals surface area (Å²) in [5.74, 6) is 0. The Morgan fingerprint density at radius 3 is 2.88 bits per heavy atom. The quantitative estimate of drug-likeness (QED) is 0.817. The second-order valence-electron chi connectivity index (χ2n) is 4.33. The molecule has 0 saturated carbocycles. The SMILES string of the molecule is CCc1c[nH]c(=S)n1CCc1cccc(C)c1. The third kappa shape index (κ3) is 2.86. The van der Waals surface area contributed by atoms with Crippen LogP contribution in [0, 0.1) is 11.7 Å². The highest BCUT2D eigenvalue weighted by Gasteiger charge is 2.02. The van der Waals surface area contributed by atoms with Crippen molar-refractivity contribution in [2.45, 2.75) is 33.2 Å². The van der Waals surface area contributed by atoms with E-state index < -0.39 is 0 Å². The maximum atomic E-state index is 5.29. The van der Waals surface area contributed by atoms with Gasteiger partial charge in [-0.05, 0) is 37.5 Å². The first-order valence-electron chi connectivity index (χ1n) is 6.03. The lowest BCUT2D eigenvalue weighted by Gasteiger charge is -2.07. The van der Waals surface area contributed by atoms with Gasteiger partial charge in [0.1, 0.15) is 0 Å². The number of aromatic amines is 1. The Kier molecular flexibility index (Phi) is 3.79. The Hall–Kier alpha value is -1.35. The highest BCUT2D eigenvalue weighted by Crippen LogP contribution is 2.08. The molecule has 17 heavy (non-hydrogen) atoms. The maximum Gasteiger partial charge on any atom is 0.177 e. The van der Waals surface area contributed by atoms with Crippen molar-refractivity contribution < 1.29 is 0 Å². The van der Waals surface area contributed by atoms with Gasteiger partial charge in [0.05, 0.1) is 0 Å². The summed E-state index contributed by atoms with van der Waals surface area (Å²) in [6, 6.07) is 8.65. The summed E-state index contributed by atoms with van der Waals surface area (Å²) in [7, 11) is 0. The van der Waals surface area contributed by atoms with Crippen LogP contribution in [0.2, 0.25) is 0 Å². The number of H-pyrrole nitrogens is 1. The number of imidazole rings is 1. The smallest absolute Gasteiger partial charge is 0.177 e. The van der Waals surface area contributed by atoms with Crippen LogP contribution in [0.5, 0.6) is 0 Å². The lowest BCUT2D eigenvalue weighted by molar-refractivity contribution is 0.656. The zero-order chi connectivity index (χ0) is 12.3. The molecule has 0 fully saturated rings.